The van der Waals surface area contributed by atoms with E-state index < -0.39 is 0 Å². The van der Waals surface area contributed by atoms with Gasteiger partial charge >= 0.3 is 0 Å². The second-order valence-electron chi connectivity index (χ2n) is 6.72. The van der Waals surface area contributed by atoms with Crippen molar-refractivity contribution in [3.05, 3.63) is 47.8 Å². The number of carbonyl (C=O) groups is 2. The predicted molar refractivity (Wildman–Crippen MR) is 95.8 cm³/mol. The number of piperidine rings is 1. The van der Waals surface area contributed by atoms with Crippen molar-refractivity contribution >= 4 is 29.1 Å². The van der Waals surface area contributed by atoms with Gasteiger partial charge in [-0.3, -0.25) is 14.6 Å². The number of likely N-dealkylation sites (tertiary alicyclic amines) is 1. The summed E-state index contributed by atoms with van der Waals surface area (Å²) < 4.78 is 0. The Balaban J connectivity index is 1.44. The molecule has 134 valence electrons. The first-order chi connectivity index (χ1) is 12.6. The van der Waals surface area contributed by atoms with Gasteiger partial charge in [0, 0.05) is 38.2 Å². The lowest BCUT2D eigenvalue weighted by Gasteiger charge is -2.37. The second kappa shape index (κ2) is 6.64. The minimum atomic E-state index is -0.381. The summed E-state index contributed by atoms with van der Waals surface area (Å²) in [4.78, 5) is 41.2. The molecule has 2 amide bonds. The highest BCUT2D eigenvalue weighted by Gasteiger charge is 2.49. The fourth-order valence-corrected chi connectivity index (χ4v) is 3.84. The number of anilines is 1. The molecule has 2 fully saturated rings. The summed E-state index contributed by atoms with van der Waals surface area (Å²) in [5, 5.41) is 0.395. The monoisotopic (exact) mass is 371 g/mol. The van der Waals surface area contributed by atoms with Gasteiger partial charge in [0.25, 0.3) is 5.91 Å². The topological polar surface area (TPSA) is 79.3 Å². The molecule has 1 spiro atoms. The molecule has 0 atom stereocenters. The third-order valence-corrected chi connectivity index (χ3v) is 5.48. The first-order valence-electron chi connectivity index (χ1n) is 8.58. The maximum absolute atomic E-state index is 13.0. The normalized spacial score (nSPS) is 19.2. The lowest BCUT2D eigenvalue weighted by atomic mass is 9.77. The van der Waals surface area contributed by atoms with Crippen molar-refractivity contribution in [2.45, 2.75) is 19.3 Å². The maximum Gasteiger partial charge on any atom is 0.291 e. The van der Waals surface area contributed by atoms with Crippen molar-refractivity contribution in [2.24, 2.45) is 5.41 Å². The van der Waals surface area contributed by atoms with Gasteiger partial charge in [0.05, 0.1) is 22.3 Å². The van der Waals surface area contributed by atoms with Gasteiger partial charge in [-0.1, -0.05) is 11.6 Å². The van der Waals surface area contributed by atoms with E-state index in [0.717, 1.165) is 12.1 Å². The molecular formula is C18H18ClN5O2. The summed E-state index contributed by atoms with van der Waals surface area (Å²) in [6, 6.07) is 3.74. The third kappa shape index (κ3) is 2.92. The summed E-state index contributed by atoms with van der Waals surface area (Å²) in [6.07, 6.45) is 8.36. The van der Waals surface area contributed by atoms with Crippen LogP contribution in [0.3, 0.4) is 0 Å². The number of amides is 2. The number of rotatable bonds is 2. The molecule has 2 aliphatic rings. The lowest BCUT2D eigenvalue weighted by Crippen LogP contribution is -2.47. The molecular weight excluding hydrogens is 354 g/mol. The van der Waals surface area contributed by atoms with E-state index in [0.29, 0.717) is 37.5 Å². The highest BCUT2D eigenvalue weighted by atomic mass is 35.5. The van der Waals surface area contributed by atoms with Crippen LogP contribution in [-0.2, 0) is 4.79 Å². The van der Waals surface area contributed by atoms with E-state index in [-0.39, 0.29) is 23.1 Å². The van der Waals surface area contributed by atoms with Crippen molar-refractivity contribution < 1.29 is 9.59 Å². The van der Waals surface area contributed by atoms with Crippen LogP contribution in [0.1, 0.15) is 29.9 Å². The van der Waals surface area contributed by atoms with Crippen LogP contribution in [0.25, 0.3) is 0 Å². The summed E-state index contributed by atoms with van der Waals surface area (Å²) in [6.45, 7) is 1.74. The van der Waals surface area contributed by atoms with Crippen molar-refractivity contribution in [3.63, 3.8) is 0 Å². The van der Waals surface area contributed by atoms with Crippen molar-refractivity contribution in [2.75, 3.05) is 24.5 Å². The first kappa shape index (κ1) is 16.9. The van der Waals surface area contributed by atoms with Gasteiger partial charge in [-0.05, 0) is 31.4 Å². The number of nitrogens with zero attached hydrogens (tertiary/aromatic N) is 5. The molecule has 2 aromatic heterocycles. The summed E-state index contributed by atoms with van der Waals surface area (Å²) in [7, 11) is 0. The lowest BCUT2D eigenvalue weighted by molar-refractivity contribution is -0.127. The number of pyridine rings is 1. The molecule has 0 N–H and O–H groups in total. The Labute approximate surface area is 156 Å². The zero-order valence-electron chi connectivity index (χ0n) is 14.1. The number of aromatic nitrogens is 3. The van der Waals surface area contributed by atoms with E-state index in [1.807, 2.05) is 17.0 Å². The molecule has 0 radical (unpaired) electrons. The van der Waals surface area contributed by atoms with E-state index in [1.54, 1.807) is 17.3 Å². The van der Waals surface area contributed by atoms with E-state index in [4.69, 9.17) is 11.6 Å². The Kier molecular flexibility index (Phi) is 4.32. The largest absolute Gasteiger partial charge is 0.336 e. The highest BCUT2D eigenvalue weighted by Crippen LogP contribution is 2.43. The second-order valence-corrected chi connectivity index (χ2v) is 7.15. The molecule has 7 nitrogen and oxygen atoms in total. The Morgan fingerprint density at radius 2 is 1.77 bits per heavy atom. The standard InChI is InChI=1S/C18H18ClN5O2/c19-13-10-21-15(22-11-13)16(25)23-7-3-18(4-8-23)5-9-24(17(18)26)14-2-1-6-20-12-14/h1-2,6,10-12H,3-5,7-9H2. The molecule has 0 aliphatic carbocycles. The van der Waals surface area contributed by atoms with Crippen LogP contribution >= 0.6 is 11.6 Å². The van der Waals surface area contributed by atoms with Crippen LogP contribution in [0.15, 0.2) is 36.9 Å². The van der Waals surface area contributed by atoms with Gasteiger partial charge in [-0.15, -0.1) is 0 Å². The predicted octanol–water partition coefficient (Wildman–Crippen LogP) is 2.18. The maximum atomic E-state index is 13.0. The molecule has 4 heterocycles. The van der Waals surface area contributed by atoms with Crippen molar-refractivity contribution in [3.8, 4) is 0 Å². The summed E-state index contributed by atoms with van der Waals surface area (Å²) in [5.41, 5.74) is 0.454. The molecule has 2 saturated heterocycles. The molecule has 0 saturated carbocycles. The van der Waals surface area contributed by atoms with E-state index in [1.165, 1.54) is 12.4 Å². The molecule has 0 unspecified atom stereocenters. The molecule has 26 heavy (non-hydrogen) atoms. The zero-order chi connectivity index (χ0) is 18.1. The van der Waals surface area contributed by atoms with Crippen LogP contribution in [0.4, 0.5) is 5.69 Å². The Hall–Kier alpha value is -2.54. The summed E-state index contributed by atoms with van der Waals surface area (Å²) in [5.74, 6) is 0.0616. The quantitative estimate of drug-likeness (QED) is 0.808. The van der Waals surface area contributed by atoms with Crippen molar-refractivity contribution in [1.29, 1.82) is 0 Å². The average molecular weight is 372 g/mol. The minimum Gasteiger partial charge on any atom is -0.336 e. The molecule has 2 aliphatic heterocycles. The van der Waals surface area contributed by atoms with Gasteiger partial charge in [0.1, 0.15) is 0 Å². The SMILES string of the molecule is O=C(c1ncc(Cl)cn1)N1CCC2(CC1)CCN(c1cccnc1)C2=O. The number of halogens is 1. The van der Waals surface area contributed by atoms with Gasteiger partial charge in [-0.25, -0.2) is 9.97 Å². The third-order valence-electron chi connectivity index (χ3n) is 5.29. The van der Waals surface area contributed by atoms with Crippen LogP contribution in [0.5, 0.6) is 0 Å². The molecule has 8 heteroatoms. The minimum absolute atomic E-state index is 0.139. The van der Waals surface area contributed by atoms with Crippen LogP contribution in [0, 0.1) is 5.41 Å². The number of carbonyl (C=O) groups excluding carboxylic acids is 2. The fourth-order valence-electron chi connectivity index (χ4n) is 3.75. The van der Waals surface area contributed by atoms with Crippen LogP contribution < -0.4 is 4.90 Å². The Bertz CT molecular complexity index is 819. The number of hydrogen-bond donors (Lipinski definition) is 0. The molecule has 0 bridgehead atoms. The average Bonchev–Trinajstić information content (AvgIpc) is 2.99. The van der Waals surface area contributed by atoms with Crippen molar-refractivity contribution in [1.82, 2.24) is 19.9 Å². The van der Waals surface area contributed by atoms with Gasteiger partial charge in [0.15, 0.2) is 0 Å². The Morgan fingerprint density at radius 1 is 1.08 bits per heavy atom. The van der Waals surface area contributed by atoms with Gasteiger partial charge in [0.2, 0.25) is 11.7 Å². The first-order valence-corrected chi connectivity index (χ1v) is 8.96. The molecule has 0 aromatic carbocycles. The van der Waals surface area contributed by atoms with Crippen LogP contribution in [-0.4, -0.2) is 51.3 Å². The zero-order valence-corrected chi connectivity index (χ0v) is 14.9. The van der Waals surface area contributed by atoms with Crippen LogP contribution in [0.2, 0.25) is 5.02 Å². The highest BCUT2D eigenvalue weighted by molar-refractivity contribution is 6.30. The van der Waals surface area contributed by atoms with E-state index in [9.17, 15) is 9.59 Å². The van der Waals surface area contributed by atoms with E-state index >= 15 is 0 Å². The smallest absolute Gasteiger partial charge is 0.291 e. The molecule has 2 aromatic rings. The fraction of sp³-hybridized carbons (Fsp3) is 0.389. The Morgan fingerprint density at radius 3 is 2.42 bits per heavy atom. The molecule has 4 rings (SSSR count). The van der Waals surface area contributed by atoms with Gasteiger partial charge < -0.3 is 9.80 Å². The number of hydrogen-bond acceptors (Lipinski definition) is 5. The van der Waals surface area contributed by atoms with Gasteiger partial charge in [-0.2, -0.15) is 0 Å². The van der Waals surface area contributed by atoms with E-state index in [2.05, 4.69) is 15.0 Å². The summed E-state index contributed by atoms with van der Waals surface area (Å²) >= 11 is 5.77.